The van der Waals surface area contributed by atoms with Crippen molar-refractivity contribution in [2.75, 3.05) is 24.8 Å². The number of ether oxygens (including phenoxy) is 2. The van der Waals surface area contributed by atoms with Gasteiger partial charge in [0.25, 0.3) is 0 Å². The molecule has 0 spiro atoms. The fourth-order valence-corrected chi connectivity index (χ4v) is 3.30. The van der Waals surface area contributed by atoms with Crippen LogP contribution in [0.2, 0.25) is 0 Å². The number of nitrogens with zero attached hydrogens (tertiary/aromatic N) is 3. The van der Waals surface area contributed by atoms with Crippen LogP contribution >= 0.6 is 0 Å². The molecule has 0 amide bonds. The number of β-amino-alcohol motifs (C(OH)–C–C–N with tert-alkyl or cyclic N) is 1. The predicted molar refractivity (Wildman–Crippen MR) is 85.2 cm³/mol. The summed E-state index contributed by atoms with van der Waals surface area (Å²) in [4.78, 5) is 9.09. The number of halogens is 3. The van der Waals surface area contributed by atoms with Gasteiger partial charge < -0.3 is 19.5 Å². The van der Waals surface area contributed by atoms with Crippen LogP contribution in [-0.4, -0.2) is 41.1 Å². The molecule has 3 heterocycles. The van der Waals surface area contributed by atoms with E-state index >= 15 is 0 Å². The number of aliphatic hydroxyl groups excluding tert-OH is 1. The molecule has 9 heteroatoms. The molecule has 2 aliphatic heterocycles. The van der Waals surface area contributed by atoms with Crippen molar-refractivity contribution in [2.24, 2.45) is 0 Å². The van der Waals surface area contributed by atoms with Crippen LogP contribution in [0, 0.1) is 0 Å². The standard InChI is InChI=1S/C17H16F3N3O3/c18-17(19,20)15-3-5-21-16(22-15)23-6-4-11(12(24)8-23)10-1-2-13-14(7-10)26-9-25-13/h1-3,5,7,11-12,24H,4,6,8-9H2/t11-,12+/m0/s1. The van der Waals surface area contributed by atoms with Crippen LogP contribution in [-0.2, 0) is 6.18 Å². The van der Waals surface area contributed by atoms with Crippen LogP contribution in [0.5, 0.6) is 11.5 Å². The van der Waals surface area contributed by atoms with Crippen molar-refractivity contribution in [1.82, 2.24) is 9.97 Å². The van der Waals surface area contributed by atoms with Gasteiger partial charge in [-0.2, -0.15) is 13.2 Å². The summed E-state index contributed by atoms with van der Waals surface area (Å²) in [5, 5.41) is 10.5. The molecule has 4 rings (SSSR count). The molecule has 1 fully saturated rings. The molecule has 1 N–H and O–H groups in total. The minimum Gasteiger partial charge on any atom is -0.454 e. The number of fused-ring (bicyclic) bond motifs is 1. The first-order valence-electron chi connectivity index (χ1n) is 8.14. The summed E-state index contributed by atoms with van der Waals surface area (Å²) in [5.74, 6) is 1.13. The van der Waals surface area contributed by atoms with Gasteiger partial charge in [-0.05, 0) is 30.2 Å². The summed E-state index contributed by atoms with van der Waals surface area (Å²) >= 11 is 0. The first-order chi connectivity index (χ1) is 12.4. The van der Waals surface area contributed by atoms with Gasteiger partial charge in [0.05, 0.1) is 6.10 Å². The van der Waals surface area contributed by atoms with Crippen molar-refractivity contribution in [3.8, 4) is 11.5 Å². The number of benzene rings is 1. The molecule has 1 saturated heterocycles. The van der Waals surface area contributed by atoms with Gasteiger partial charge in [-0.1, -0.05) is 6.07 Å². The van der Waals surface area contributed by atoms with Gasteiger partial charge in [0.15, 0.2) is 11.5 Å². The van der Waals surface area contributed by atoms with Crippen molar-refractivity contribution in [1.29, 1.82) is 0 Å². The third-order valence-corrected chi connectivity index (χ3v) is 4.62. The van der Waals surface area contributed by atoms with Gasteiger partial charge in [-0.25, -0.2) is 9.97 Å². The zero-order valence-electron chi connectivity index (χ0n) is 13.6. The predicted octanol–water partition coefficient (Wildman–Crippen LogP) is 2.58. The Balaban J connectivity index is 1.50. The Morgan fingerprint density at radius 2 is 1.96 bits per heavy atom. The van der Waals surface area contributed by atoms with Crippen LogP contribution in [0.4, 0.5) is 19.1 Å². The fraction of sp³-hybridized carbons (Fsp3) is 0.412. The molecule has 1 aromatic heterocycles. The van der Waals surface area contributed by atoms with Crippen molar-refractivity contribution < 1.29 is 27.8 Å². The van der Waals surface area contributed by atoms with E-state index in [0.29, 0.717) is 24.5 Å². The van der Waals surface area contributed by atoms with Crippen LogP contribution < -0.4 is 14.4 Å². The molecule has 138 valence electrons. The molecule has 0 saturated carbocycles. The second-order valence-electron chi connectivity index (χ2n) is 6.26. The molecule has 0 bridgehead atoms. The highest BCUT2D eigenvalue weighted by atomic mass is 19.4. The Kier molecular flexibility index (Phi) is 4.10. The molecule has 2 aromatic rings. The number of piperidine rings is 1. The van der Waals surface area contributed by atoms with E-state index in [9.17, 15) is 18.3 Å². The van der Waals surface area contributed by atoms with Gasteiger partial charge in [-0.15, -0.1) is 0 Å². The zero-order valence-corrected chi connectivity index (χ0v) is 13.6. The summed E-state index contributed by atoms with van der Waals surface area (Å²) in [5.41, 5.74) is -0.0822. The highest BCUT2D eigenvalue weighted by Gasteiger charge is 2.35. The van der Waals surface area contributed by atoms with E-state index in [1.807, 2.05) is 12.1 Å². The Morgan fingerprint density at radius 3 is 2.73 bits per heavy atom. The van der Waals surface area contributed by atoms with E-state index in [-0.39, 0.29) is 25.2 Å². The lowest BCUT2D eigenvalue weighted by molar-refractivity contribution is -0.141. The quantitative estimate of drug-likeness (QED) is 0.880. The van der Waals surface area contributed by atoms with Crippen molar-refractivity contribution in [3.05, 3.63) is 41.7 Å². The number of hydrogen-bond acceptors (Lipinski definition) is 6. The first kappa shape index (κ1) is 16.9. The lowest BCUT2D eigenvalue weighted by Gasteiger charge is -2.36. The SMILES string of the molecule is O[C@@H]1CN(c2nccc(C(F)(F)F)n2)CC[C@H]1c1ccc2c(c1)OCO2. The normalized spacial score (nSPS) is 22.5. The van der Waals surface area contributed by atoms with E-state index < -0.39 is 18.0 Å². The van der Waals surface area contributed by atoms with Gasteiger partial charge in [-0.3, -0.25) is 0 Å². The number of hydrogen-bond donors (Lipinski definition) is 1. The average molecular weight is 367 g/mol. The third kappa shape index (κ3) is 3.14. The van der Waals surface area contributed by atoms with Crippen LogP contribution in [0.15, 0.2) is 30.5 Å². The Labute approximate surface area is 147 Å². The molecule has 0 unspecified atom stereocenters. The number of anilines is 1. The second-order valence-corrected chi connectivity index (χ2v) is 6.26. The summed E-state index contributed by atoms with van der Waals surface area (Å²) in [6.07, 6.45) is -3.65. The van der Waals surface area contributed by atoms with Crippen molar-refractivity contribution in [3.63, 3.8) is 0 Å². The lowest BCUT2D eigenvalue weighted by atomic mass is 9.87. The minimum absolute atomic E-state index is 0.0250. The van der Waals surface area contributed by atoms with E-state index in [2.05, 4.69) is 9.97 Å². The topological polar surface area (TPSA) is 67.7 Å². The van der Waals surface area contributed by atoms with E-state index in [1.165, 1.54) is 0 Å². The molecule has 2 atom stereocenters. The molecule has 0 aliphatic carbocycles. The number of alkyl halides is 3. The summed E-state index contributed by atoms with van der Waals surface area (Å²) < 4.78 is 49.1. The highest BCUT2D eigenvalue weighted by molar-refractivity contribution is 5.46. The monoisotopic (exact) mass is 367 g/mol. The Morgan fingerprint density at radius 1 is 1.15 bits per heavy atom. The van der Waals surface area contributed by atoms with Gasteiger partial charge in [0.1, 0.15) is 5.69 Å². The van der Waals surface area contributed by atoms with E-state index in [0.717, 1.165) is 17.8 Å². The Hall–Kier alpha value is -2.55. The van der Waals surface area contributed by atoms with Crippen molar-refractivity contribution >= 4 is 5.95 Å². The maximum atomic E-state index is 12.8. The molecule has 6 nitrogen and oxygen atoms in total. The molecular weight excluding hydrogens is 351 g/mol. The molecule has 2 aliphatic rings. The summed E-state index contributed by atoms with van der Waals surface area (Å²) in [6, 6.07) is 6.34. The third-order valence-electron chi connectivity index (χ3n) is 4.62. The fourth-order valence-electron chi connectivity index (χ4n) is 3.30. The highest BCUT2D eigenvalue weighted by Crippen LogP contribution is 2.38. The Bertz CT molecular complexity index is 815. The van der Waals surface area contributed by atoms with Gasteiger partial charge in [0.2, 0.25) is 12.7 Å². The van der Waals surface area contributed by atoms with Gasteiger partial charge >= 0.3 is 6.18 Å². The smallest absolute Gasteiger partial charge is 0.433 e. The molecule has 26 heavy (non-hydrogen) atoms. The number of aromatic nitrogens is 2. The number of rotatable bonds is 2. The second kappa shape index (κ2) is 6.31. The summed E-state index contributed by atoms with van der Waals surface area (Å²) in [7, 11) is 0. The van der Waals surface area contributed by atoms with E-state index in [4.69, 9.17) is 9.47 Å². The minimum atomic E-state index is -4.53. The van der Waals surface area contributed by atoms with Crippen molar-refractivity contribution in [2.45, 2.75) is 24.6 Å². The average Bonchev–Trinajstić information content (AvgIpc) is 3.08. The van der Waals surface area contributed by atoms with E-state index in [1.54, 1.807) is 11.0 Å². The molecule has 1 aromatic carbocycles. The zero-order chi connectivity index (χ0) is 18.3. The molecule has 0 radical (unpaired) electrons. The number of aliphatic hydroxyl groups is 1. The van der Waals surface area contributed by atoms with Crippen LogP contribution in [0.1, 0.15) is 23.6 Å². The first-order valence-corrected chi connectivity index (χ1v) is 8.14. The molecular formula is C17H16F3N3O3. The summed E-state index contributed by atoms with van der Waals surface area (Å²) in [6.45, 7) is 0.768. The maximum absolute atomic E-state index is 12.8. The lowest BCUT2D eigenvalue weighted by Crippen LogP contribution is -2.43. The van der Waals surface area contributed by atoms with Gasteiger partial charge in [0, 0.05) is 25.2 Å². The largest absolute Gasteiger partial charge is 0.454 e. The van der Waals surface area contributed by atoms with Crippen LogP contribution in [0.3, 0.4) is 0 Å². The maximum Gasteiger partial charge on any atom is 0.433 e. The van der Waals surface area contributed by atoms with Crippen LogP contribution in [0.25, 0.3) is 0 Å².